The number of ether oxygens (including phenoxy) is 1. The van der Waals surface area contributed by atoms with Crippen LogP contribution in [0.4, 0.5) is 8.78 Å². The Hall–Kier alpha value is -0.320. The molecule has 2 aliphatic rings. The van der Waals surface area contributed by atoms with E-state index in [0.29, 0.717) is 32.1 Å². The smallest absolute Gasteiger partial charge is 0.306 e. The molecule has 0 amide bonds. The Bertz CT molecular complexity index is 394. The molecule has 7 heteroatoms. The number of aliphatic hydroxyl groups excluding tert-OH is 1. The average Bonchev–Trinajstić information content (AvgIpc) is 2.98. The summed E-state index contributed by atoms with van der Waals surface area (Å²) in [4.78, 5) is 11.4. The first-order valence-electron chi connectivity index (χ1n) is 8.00. The molecule has 1 saturated carbocycles. The first-order chi connectivity index (χ1) is 10.4. The number of hydrogen-bond acceptors (Lipinski definition) is 4. The molecule has 2 rings (SSSR count). The van der Waals surface area contributed by atoms with Crippen molar-refractivity contribution >= 4 is 15.4 Å². The Kier molecular flexibility index (Phi) is 6.14. The maximum Gasteiger partial charge on any atom is 0.306 e. The fraction of sp³-hybridized carbons (Fsp3) is 0.933. The van der Waals surface area contributed by atoms with E-state index >= 15 is 0 Å². The zero-order valence-corrected chi connectivity index (χ0v) is 14.0. The van der Waals surface area contributed by atoms with Gasteiger partial charge in [0.1, 0.15) is 12.2 Å². The molecule has 0 radical (unpaired) electrons. The summed E-state index contributed by atoms with van der Waals surface area (Å²) in [6.07, 6.45) is 0.228. The van der Waals surface area contributed by atoms with Gasteiger partial charge in [-0.2, -0.15) is 0 Å². The Labute approximate surface area is 132 Å². The summed E-state index contributed by atoms with van der Waals surface area (Å²) in [5, 5.41) is 9.82. The van der Waals surface area contributed by atoms with Gasteiger partial charge in [-0.25, -0.2) is 8.78 Å². The number of halogens is 2. The maximum atomic E-state index is 13.8. The lowest BCUT2D eigenvalue weighted by molar-refractivity contribution is -0.141. The second-order valence-corrected chi connectivity index (χ2v) is 6.70. The van der Waals surface area contributed by atoms with Crippen molar-refractivity contribution in [1.82, 2.24) is 0 Å². The van der Waals surface area contributed by atoms with Crippen LogP contribution in [0.15, 0.2) is 0 Å². The van der Waals surface area contributed by atoms with Gasteiger partial charge in [-0.05, 0) is 25.2 Å². The number of unbranched alkanes of at least 4 members (excludes halogenated alkanes) is 1. The van der Waals surface area contributed by atoms with E-state index in [4.69, 9.17) is 9.26 Å². The zero-order valence-electron chi connectivity index (χ0n) is 12.8. The Morgan fingerprint density at radius 1 is 1.55 bits per heavy atom. The molecule has 1 N–H and O–H groups in total. The van der Waals surface area contributed by atoms with Crippen molar-refractivity contribution in [2.75, 3.05) is 0 Å². The van der Waals surface area contributed by atoms with Crippen LogP contribution in [0.3, 0.4) is 0 Å². The molecule has 0 spiro atoms. The third-order valence-corrected chi connectivity index (χ3v) is 5.30. The number of esters is 1. The van der Waals surface area contributed by atoms with E-state index in [-0.39, 0.29) is 42.9 Å². The van der Waals surface area contributed by atoms with Gasteiger partial charge in [0.25, 0.3) is 5.92 Å². The summed E-state index contributed by atoms with van der Waals surface area (Å²) in [6.45, 7) is 1.85. The van der Waals surface area contributed by atoms with Gasteiger partial charge in [0, 0.05) is 28.2 Å². The minimum absolute atomic E-state index is 0.0172. The lowest BCUT2D eigenvalue weighted by atomic mass is 9.86. The molecule has 1 aliphatic carbocycles. The van der Waals surface area contributed by atoms with E-state index in [0.717, 1.165) is 0 Å². The highest BCUT2D eigenvalue weighted by Gasteiger charge is 2.50. The average molecular weight is 338 g/mol. The number of carbonyl (C=O) groups is 1. The van der Waals surface area contributed by atoms with Crippen molar-refractivity contribution in [3.63, 3.8) is 0 Å². The summed E-state index contributed by atoms with van der Waals surface area (Å²) in [6, 6.07) is 0. The highest BCUT2D eigenvalue weighted by molar-refractivity contribution is 7.09. The molecule has 4 nitrogen and oxygen atoms in total. The molecular formula is C15H25F2O4P. The van der Waals surface area contributed by atoms with Crippen LogP contribution in [0.25, 0.3) is 0 Å². The highest BCUT2D eigenvalue weighted by atomic mass is 31.0. The van der Waals surface area contributed by atoms with Gasteiger partial charge >= 0.3 is 5.97 Å². The Balaban J connectivity index is 1.90. The van der Waals surface area contributed by atoms with Crippen LogP contribution >= 0.6 is 9.47 Å². The molecule has 6 atom stereocenters. The summed E-state index contributed by atoms with van der Waals surface area (Å²) in [5.41, 5.74) is 0. The standard InChI is InChI=1S/C15H25F2O4P/c1-2-3-6-15(16,17)13(18)5-4-9-10-7-14(19)20-11(10)8-12(9)21-22/h9-13,18H,2-8,22H2,1H3/t9-,10?,11?,12?,13?/m1/s1. The van der Waals surface area contributed by atoms with Gasteiger partial charge in [0.05, 0.1) is 12.5 Å². The first-order valence-corrected chi connectivity index (χ1v) is 8.47. The van der Waals surface area contributed by atoms with Crippen molar-refractivity contribution in [2.45, 2.75) is 76.1 Å². The van der Waals surface area contributed by atoms with E-state index in [1.165, 1.54) is 0 Å². The minimum Gasteiger partial charge on any atom is -0.462 e. The molecule has 1 aliphatic heterocycles. The number of hydrogen-bond donors (Lipinski definition) is 1. The quantitative estimate of drug-likeness (QED) is 0.546. The monoisotopic (exact) mass is 338 g/mol. The number of aliphatic hydroxyl groups is 1. The van der Waals surface area contributed by atoms with Gasteiger partial charge in [-0.1, -0.05) is 13.3 Å². The van der Waals surface area contributed by atoms with E-state index in [1.807, 2.05) is 6.92 Å². The molecule has 0 aromatic heterocycles. The van der Waals surface area contributed by atoms with Crippen molar-refractivity contribution in [1.29, 1.82) is 0 Å². The van der Waals surface area contributed by atoms with Crippen LogP contribution in [-0.2, 0) is 14.1 Å². The van der Waals surface area contributed by atoms with Gasteiger partial charge in [-0.15, -0.1) is 0 Å². The third kappa shape index (κ3) is 3.95. The Morgan fingerprint density at radius 3 is 2.91 bits per heavy atom. The molecule has 2 fully saturated rings. The highest BCUT2D eigenvalue weighted by Crippen LogP contribution is 2.46. The summed E-state index contributed by atoms with van der Waals surface area (Å²) in [7, 11) is 2.20. The van der Waals surface area contributed by atoms with Gasteiger partial charge in [0.2, 0.25) is 0 Å². The van der Waals surface area contributed by atoms with E-state index in [9.17, 15) is 18.7 Å². The van der Waals surface area contributed by atoms with Crippen LogP contribution < -0.4 is 0 Å². The molecule has 1 saturated heterocycles. The van der Waals surface area contributed by atoms with E-state index in [2.05, 4.69) is 9.47 Å². The van der Waals surface area contributed by atoms with Crippen molar-refractivity contribution in [2.24, 2.45) is 11.8 Å². The molecule has 0 bridgehead atoms. The van der Waals surface area contributed by atoms with Gasteiger partial charge in [0.15, 0.2) is 0 Å². The topological polar surface area (TPSA) is 55.8 Å². The molecule has 128 valence electrons. The van der Waals surface area contributed by atoms with E-state index < -0.39 is 12.0 Å². The van der Waals surface area contributed by atoms with Crippen molar-refractivity contribution in [3.05, 3.63) is 0 Å². The fourth-order valence-electron chi connectivity index (χ4n) is 3.65. The first kappa shape index (κ1) is 18.0. The lowest BCUT2D eigenvalue weighted by Gasteiger charge is -2.26. The normalized spacial score (nSPS) is 32.9. The fourth-order valence-corrected chi connectivity index (χ4v) is 3.97. The van der Waals surface area contributed by atoms with Crippen LogP contribution in [0.5, 0.6) is 0 Å². The summed E-state index contributed by atoms with van der Waals surface area (Å²) in [5.74, 6) is -3.27. The predicted octanol–water partition coefficient (Wildman–Crippen LogP) is 3.08. The molecular weight excluding hydrogens is 313 g/mol. The maximum absolute atomic E-state index is 13.8. The van der Waals surface area contributed by atoms with E-state index in [1.54, 1.807) is 0 Å². The number of alkyl halides is 2. The van der Waals surface area contributed by atoms with Crippen molar-refractivity contribution < 1.29 is 27.9 Å². The Morgan fingerprint density at radius 2 is 2.27 bits per heavy atom. The zero-order chi connectivity index (χ0) is 16.3. The number of fused-ring (bicyclic) bond motifs is 1. The summed E-state index contributed by atoms with van der Waals surface area (Å²) >= 11 is 0. The van der Waals surface area contributed by atoms with Crippen molar-refractivity contribution in [3.8, 4) is 0 Å². The van der Waals surface area contributed by atoms with Crippen LogP contribution in [-0.4, -0.2) is 35.3 Å². The van der Waals surface area contributed by atoms with Crippen LogP contribution in [0.2, 0.25) is 0 Å². The minimum atomic E-state index is -3.05. The second kappa shape index (κ2) is 7.50. The molecule has 0 aromatic carbocycles. The predicted molar refractivity (Wildman–Crippen MR) is 80.4 cm³/mol. The largest absolute Gasteiger partial charge is 0.462 e. The van der Waals surface area contributed by atoms with Crippen LogP contribution in [0.1, 0.15) is 51.9 Å². The van der Waals surface area contributed by atoms with Gasteiger partial charge in [-0.3, -0.25) is 4.79 Å². The number of rotatable bonds is 8. The SMILES string of the molecule is CCCCC(F)(F)C(O)CC[C@H]1C(OP)CC2OC(=O)CC21. The molecule has 22 heavy (non-hydrogen) atoms. The third-order valence-electron chi connectivity index (χ3n) is 4.95. The molecule has 5 unspecified atom stereocenters. The number of carbonyl (C=O) groups excluding carboxylic acids is 1. The van der Waals surface area contributed by atoms with Gasteiger partial charge < -0.3 is 14.4 Å². The lowest BCUT2D eigenvalue weighted by Crippen LogP contribution is -2.34. The second-order valence-electron chi connectivity index (χ2n) is 6.43. The summed E-state index contributed by atoms with van der Waals surface area (Å²) < 4.78 is 38.2. The molecule has 1 heterocycles. The van der Waals surface area contributed by atoms with Crippen LogP contribution in [0, 0.1) is 11.8 Å². The molecule has 0 aromatic rings.